The molecule has 2 N–H and O–H groups in total. The van der Waals surface area contributed by atoms with Crippen LogP contribution in [0.3, 0.4) is 0 Å². The molecule has 134 valence electrons. The van der Waals surface area contributed by atoms with Crippen molar-refractivity contribution in [3.8, 4) is 0 Å². The van der Waals surface area contributed by atoms with E-state index in [9.17, 15) is 22.8 Å². The van der Waals surface area contributed by atoms with Crippen LogP contribution in [0.1, 0.15) is 23.4 Å². The standard InChI is InChI=1S/C14H12BrF3N4O2S/c1-7-2-3-9(8(15)6-7)19-10(23)4-5-11(24)20-13-22-21-12(25-13)14(16,17)18/h2-3,6H,4-5H2,1H3,(H,19,23)(H,20,22,24). The van der Waals surface area contributed by atoms with Crippen LogP contribution in [0.15, 0.2) is 22.7 Å². The van der Waals surface area contributed by atoms with Crippen molar-refractivity contribution in [2.45, 2.75) is 25.9 Å². The predicted molar refractivity (Wildman–Crippen MR) is 90.3 cm³/mol. The molecule has 0 saturated heterocycles. The first kappa shape index (κ1) is 19.3. The van der Waals surface area contributed by atoms with Gasteiger partial charge in [0.1, 0.15) is 0 Å². The third kappa shape index (κ3) is 5.78. The third-order valence-electron chi connectivity index (χ3n) is 2.89. The highest BCUT2D eigenvalue weighted by atomic mass is 79.9. The molecule has 0 fully saturated rings. The molecule has 11 heteroatoms. The molecule has 6 nitrogen and oxygen atoms in total. The van der Waals surface area contributed by atoms with E-state index in [2.05, 4.69) is 36.8 Å². The molecule has 0 saturated carbocycles. The Morgan fingerprint density at radius 3 is 2.36 bits per heavy atom. The summed E-state index contributed by atoms with van der Waals surface area (Å²) in [6, 6.07) is 5.37. The van der Waals surface area contributed by atoms with Gasteiger partial charge in [-0.05, 0) is 40.5 Å². The first-order valence-electron chi connectivity index (χ1n) is 6.91. The minimum atomic E-state index is -4.61. The zero-order valence-electron chi connectivity index (χ0n) is 12.8. The molecule has 0 unspecified atom stereocenters. The van der Waals surface area contributed by atoms with Crippen LogP contribution in [-0.4, -0.2) is 22.0 Å². The molecule has 0 aliphatic rings. The number of nitrogens with zero attached hydrogens (tertiary/aromatic N) is 2. The van der Waals surface area contributed by atoms with Gasteiger partial charge in [-0.1, -0.05) is 17.4 Å². The van der Waals surface area contributed by atoms with Crippen LogP contribution in [0, 0.1) is 6.92 Å². The summed E-state index contributed by atoms with van der Waals surface area (Å²) in [5.41, 5.74) is 1.58. The average molecular weight is 437 g/mol. The number of hydrogen-bond acceptors (Lipinski definition) is 5. The summed E-state index contributed by atoms with van der Waals surface area (Å²) in [6.07, 6.45) is -4.94. The molecule has 0 radical (unpaired) electrons. The van der Waals surface area contributed by atoms with E-state index >= 15 is 0 Å². The molecule has 2 amide bonds. The fraction of sp³-hybridized carbons (Fsp3) is 0.286. The maximum Gasteiger partial charge on any atom is 0.445 e. The van der Waals surface area contributed by atoms with Crippen molar-refractivity contribution >= 4 is 49.9 Å². The smallest absolute Gasteiger partial charge is 0.325 e. The number of hydrogen-bond donors (Lipinski definition) is 2. The van der Waals surface area contributed by atoms with Crippen molar-refractivity contribution < 1.29 is 22.8 Å². The number of rotatable bonds is 5. The number of halogens is 4. The van der Waals surface area contributed by atoms with E-state index in [0.29, 0.717) is 10.2 Å². The first-order valence-corrected chi connectivity index (χ1v) is 8.52. The minimum absolute atomic E-state index is 0.128. The normalized spacial score (nSPS) is 11.2. The van der Waals surface area contributed by atoms with Crippen LogP contribution in [0.5, 0.6) is 0 Å². The van der Waals surface area contributed by atoms with Crippen LogP contribution in [0.4, 0.5) is 24.0 Å². The summed E-state index contributed by atoms with van der Waals surface area (Å²) in [7, 11) is 0. The van der Waals surface area contributed by atoms with Gasteiger partial charge in [0.05, 0.1) is 5.69 Å². The van der Waals surface area contributed by atoms with E-state index in [4.69, 9.17) is 0 Å². The number of carbonyl (C=O) groups is 2. The Labute approximate surface area is 153 Å². The van der Waals surface area contributed by atoms with Gasteiger partial charge < -0.3 is 10.6 Å². The van der Waals surface area contributed by atoms with Gasteiger partial charge in [0.2, 0.25) is 22.0 Å². The zero-order valence-corrected chi connectivity index (χ0v) is 15.2. The summed E-state index contributed by atoms with van der Waals surface area (Å²) >= 11 is 3.54. The maximum atomic E-state index is 12.4. The number of aromatic nitrogens is 2. The number of alkyl halides is 3. The van der Waals surface area contributed by atoms with Gasteiger partial charge in [0.25, 0.3) is 0 Å². The number of carbonyl (C=O) groups excluding carboxylic acids is 2. The Hall–Kier alpha value is -2.01. The van der Waals surface area contributed by atoms with E-state index in [1.54, 1.807) is 6.07 Å². The summed E-state index contributed by atoms with van der Waals surface area (Å²) in [5.74, 6) is -1.02. The number of aryl methyl sites for hydroxylation is 1. The molecule has 0 bridgehead atoms. The van der Waals surface area contributed by atoms with E-state index in [1.165, 1.54) is 0 Å². The van der Waals surface area contributed by atoms with Gasteiger partial charge in [-0.25, -0.2) is 0 Å². The predicted octanol–water partition coefficient (Wildman–Crippen LogP) is 3.99. The Balaban J connectivity index is 1.83. The van der Waals surface area contributed by atoms with E-state index in [1.807, 2.05) is 19.1 Å². The third-order valence-corrected chi connectivity index (χ3v) is 4.43. The molecule has 1 aromatic heterocycles. The average Bonchev–Trinajstić information content (AvgIpc) is 2.97. The topological polar surface area (TPSA) is 84.0 Å². The Kier molecular flexibility index (Phi) is 6.11. The fourth-order valence-electron chi connectivity index (χ4n) is 1.73. The highest BCUT2D eigenvalue weighted by molar-refractivity contribution is 9.10. The number of nitrogens with one attached hydrogen (secondary N) is 2. The first-order chi connectivity index (χ1) is 11.6. The monoisotopic (exact) mass is 436 g/mol. The number of amides is 2. The van der Waals surface area contributed by atoms with Crippen LogP contribution in [0.25, 0.3) is 0 Å². The van der Waals surface area contributed by atoms with Crippen molar-refractivity contribution in [1.29, 1.82) is 0 Å². The van der Waals surface area contributed by atoms with Crippen molar-refractivity contribution in [2.75, 3.05) is 10.6 Å². The lowest BCUT2D eigenvalue weighted by atomic mass is 10.2. The Bertz CT molecular complexity index is 795. The second kappa shape index (κ2) is 7.91. The second-order valence-corrected chi connectivity index (χ2v) is 6.82. The molecule has 0 aliphatic carbocycles. The van der Waals surface area contributed by atoms with E-state index in [-0.39, 0.29) is 29.3 Å². The van der Waals surface area contributed by atoms with Gasteiger partial charge in [0.15, 0.2) is 0 Å². The Morgan fingerprint density at radius 2 is 1.80 bits per heavy atom. The largest absolute Gasteiger partial charge is 0.445 e. The van der Waals surface area contributed by atoms with Crippen LogP contribution < -0.4 is 10.6 Å². The van der Waals surface area contributed by atoms with Crippen LogP contribution >= 0.6 is 27.3 Å². The van der Waals surface area contributed by atoms with Crippen molar-refractivity contribution in [3.05, 3.63) is 33.2 Å². The lowest BCUT2D eigenvalue weighted by molar-refractivity contribution is -0.138. The highest BCUT2D eigenvalue weighted by Crippen LogP contribution is 2.33. The lowest BCUT2D eigenvalue weighted by Gasteiger charge is -2.08. The fourth-order valence-corrected chi connectivity index (χ4v) is 2.95. The Morgan fingerprint density at radius 1 is 1.16 bits per heavy atom. The highest BCUT2D eigenvalue weighted by Gasteiger charge is 2.35. The SMILES string of the molecule is Cc1ccc(NC(=O)CCC(=O)Nc2nnc(C(F)(F)F)s2)c(Br)c1. The van der Waals surface area contributed by atoms with Crippen molar-refractivity contribution in [1.82, 2.24) is 10.2 Å². The van der Waals surface area contributed by atoms with E-state index in [0.717, 1.165) is 5.56 Å². The molecule has 0 aliphatic heterocycles. The van der Waals surface area contributed by atoms with Crippen LogP contribution in [-0.2, 0) is 15.8 Å². The molecular weight excluding hydrogens is 425 g/mol. The number of anilines is 2. The van der Waals surface area contributed by atoms with Gasteiger partial charge in [0, 0.05) is 17.3 Å². The van der Waals surface area contributed by atoms with Gasteiger partial charge in [-0.2, -0.15) is 13.2 Å². The van der Waals surface area contributed by atoms with Gasteiger partial charge in [-0.15, -0.1) is 10.2 Å². The summed E-state index contributed by atoms with van der Waals surface area (Å²) in [6.45, 7) is 1.90. The number of benzene rings is 1. The van der Waals surface area contributed by atoms with Gasteiger partial charge in [-0.3, -0.25) is 9.59 Å². The summed E-state index contributed by atoms with van der Waals surface area (Å²) in [5, 5.41) is 9.62. The zero-order chi connectivity index (χ0) is 18.6. The molecular formula is C14H12BrF3N4O2S. The second-order valence-electron chi connectivity index (χ2n) is 4.99. The molecule has 1 heterocycles. The van der Waals surface area contributed by atoms with Crippen molar-refractivity contribution in [3.63, 3.8) is 0 Å². The molecule has 2 rings (SSSR count). The minimum Gasteiger partial charge on any atom is -0.325 e. The van der Waals surface area contributed by atoms with Crippen LogP contribution in [0.2, 0.25) is 0 Å². The molecule has 1 aromatic carbocycles. The maximum absolute atomic E-state index is 12.4. The van der Waals surface area contributed by atoms with Gasteiger partial charge >= 0.3 is 6.18 Å². The molecule has 2 aromatic rings. The van der Waals surface area contributed by atoms with E-state index < -0.39 is 23.0 Å². The van der Waals surface area contributed by atoms with Crippen molar-refractivity contribution in [2.24, 2.45) is 0 Å². The molecule has 0 atom stereocenters. The molecule has 25 heavy (non-hydrogen) atoms. The quantitative estimate of drug-likeness (QED) is 0.741. The summed E-state index contributed by atoms with van der Waals surface area (Å²) < 4.78 is 37.9. The lowest BCUT2D eigenvalue weighted by Crippen LogP contribution is -2.17. The summed E-state index contributed by atoms with van der Waals surface area (Å²) in [4.78, 5) is 23.6. The molecule has 0 spiro atoms.